The minimum Gasteiger partial charge on any atom is -0.440 e. The maximum Gasteiger partial charge on any atom is 0.344 e. The maximum atomic E-state index is 13.2. The van der Waals surface area contributed by atoms with Gasteiger partial charge in [0.15, 0.2) is 11.6 Å². The summed E-state index contributed by atoms with van der Waals surface area (Å²) >= 11 is 1.48. The predicted molar refractivity (Wildman–Crippen MR) is 130 cm³/mol. The number of ether oxygens (including phenoxy) is 1. The third-order valence-corrected chi connectivity index (χ3v) is 6.67. The van der Waals surface area contributed by atoms with Crippen LogP contribution in [0.4, 0.5) is 0 Å². The van der Waals surface area contributed by atoms with E-state index in [0.29, 0.717) is 32.9 Å². The zero-order valence-electron chi connectivity index (χ0n) is 17.4. The van der Waals surface area contributed by atoms with Crippen molar-refractivity contribution in [3.05, 3.63) is 123 Å². The summed E-state index contributed by atoms with van der Waals surface area (Å²) in [6.07, 6.45) is 0. The molecule has 33 heavy (non-hydrogen) atoms. The topological polar surface area (TPSA) is 78.4 Å². The average molecular weight is 451 g/mol. The summed E-state index contributed by atoms with van der Waals surface area (Å²) in [5, 5.41) is 3.41. The number of hydrogen-bond acceptors (Lipinski definition) is 6. The van der Waals surface area contributed by atoms with Gasteiger partial charge in [-0.1, -0.05) is 72.8 Å². The van der Waals surface area contributed by atoms with E-state index < -0.39 is 11.5 Å². The van der Waals surface area contributed by atoms with Crippen molar-refractivity contribution in [2.75, 3.05) is 0 Å². The molecule has 5 nitrogen and oxygen atoms in total. The van der Waals surface area contributed by atoms with Crippen molar-refractivity contribution in [3.8, 4) is 17.0 Å². The summed E-state index contributed by atoms with van der Waals surface area (Å²) in [6, 6.07) is 27.1. The van der Waals surface area contributed by atoms with Crippen LogP contribution < -0.4 is 16.1 Å². The Labute approximate surface area is 193 Å². The van der Waals surface area contributed by atoms with Crippen molar-refractivity contribution in [3.63, 3.8) is 0 Å². The molecular formula is C27H18N2O3S. The van der Waals surface area contributed by atoms with Crippen LogP contribution in [0.15, 0.2) is 105 Å². The van der Waals surface area contributed by atoms with Gasteiger partial charge in [0.05, 0.1) is 28.1 Å². The molecule has 2 N–H and O–H groups in total. The van der Waals surface area contributed by atoms with Gasteiger partial charge in [-0.15, -0.1) is 11.3 Å². The Balaban J connectivity index is 1.60. The number of allylic oxidation sites excluding steroid dienone is 1. The van der Waals surface area contributed by atoms with Gasteiger partial charge in [-0.05, 0) is 17.7 Å². The highest BCUT2D eigenvalue weighted by molar-refractivity contribution is 7.11. The molecule has 1 aliphatic rings. The van der Waals surface area contributed by atoms with Crippen LogP contribution >= 0.6 is 11.3 Å². The van der Waals surface area contributed by atoms with E-state index in [-0.39, 0.29) is 5.88 Å². The summed E-state index contributed by atoms with van der Waals surface area (Å²) in [7, 11) is 0. The van der Waals surface area contributed by atoms with Crippen LogP contribution in [0, 0.1) is 0 Å². The first-order valence-electron chi connectivity index (χ1n) is 10.5. The lowest BCUT2D eigenvalue weighted by Gasteiger charge is -2.28. The molecule has 1 atom stereocenters. The van der Waals surface area contributed by atoms with E-state index in [4.69, 9.17) is 19.9 Å². The summed E-state index contributed by atoms with van der Waals surface area (Å²) in [6.45, 7) is 0. The number of nitrogens with two attached hydrogens (primary N) is 1. The minimum atomic E-state index is -0.467. The molecule has 6 rings (SSSR count). The van der Waals surface area contributed by atoms with Crippen LogP contribution in [0.2, 0.25) is 0 Å². The van der Waals surface area contributed by atoms with Gasteiger partial charge in [-0.2, -0.15) is 0 Å². The molecule has 1 aliphatic heterocycles. The summed E-state index contributed by atoms with van der Waals surface area (Å²) < 4.78 is 11.8. The Morgan fingerprint density at radius 1 is 0.879 bits per heavy atom. The first kappa shape index (κ1) is 19.5. The van der Waals surface area contributed by atoms with E-state index in [9.17, 15) is 4.79 Å². The van der Waals surface area contributed by atoms with Crippen molar-refractivity contribution < 1.29 is 9.15 Å². The molecule has 3 aromatic carbocycles. The fraction of sp³-hybridized carbons (Fsp3) is 0.0370. The van der Waals surface area contributed by atoms with E-state index >= 15 is 0 Å². The molecule has 2 aromatic heterocycles. The van der Waals surface area contributed by atoms with Gasteiger partial charge in [-0.25, -0.2) is 9.78 Å². The summed E-state index contributed by atoms with van der Waals surface area (Å²) in [5.74, 6) is 0.212. The van der Waals surface area contributed by atoms with Crippen LogP contribution in [0.25, 0.3) is 27.8 Å². The maximum absolute atomic E-state index is 13.2. The molecule has 160 valence electrons. The number of hydrogen-bond donors (Lipinski definition) is 1. The van der Waals surface area contributed by atoms with Gasteiger partial charge >= 0.3 is 5.63 Å². The second-order valence-electron chi connectivity index (χ2n) is 7.76. The normalized spacial score (nSPS) is 15.3. The molecule has 0 radical (unpaired) electrons. The Bertz CT molecular complexity index is 1570. The fourth-order valence-corrected chi connectivity index (χ4v) is 5.20. The highest BCUT2D eigenvalue weighted by Gasteiger charge is 2.37. The quantitative estimate of drug-likeness (QED) is 0.353. The molecule has 3 heterocycles. The smallest absolute Gasteiger partial charge is 0.344 e. The van der Waals surface area contributed by atoms with Gasteiger partial charge in [0.1, 0.15) is 10.6 Å². The average Bonchev–Trinajstić information content (AvgIpc) is 3.34. The van der Waals surface area contributed by atoms with Crippen molar-refractivity contribution in [2.45, 2.75) is 5.92 Å². The molecule has 6 heteroatoms. The highest BCUT2D eigenvalue weighted by Crippen LogP contribution is 2.48. The van der Waals surface area contributed by atoms with Gasteiger partial charge in [0, 0.05) is 10.9 Å². The van der Waals surface area contributed by atoms with E-state index in [0.717, 1.165) is 16.8 Å². The molecule has 0 bridgehead atoms. The zero-order valence-corrected chi connectivity index (χ0v) is 18.2. The lowest BCUT2D eigenvalue weighted by atomic mass is 9.83. The predicted octanol–water partition coefficient (Wildman–Crippen LogP) is 5.77. The number of fused-ring (bicyclic) bond motifs is 3. The molecule has 5 aromatic rings. The standard InChI is InChI=1S/C27H18N2O3S/c28-25-23(26-29-19(15-33-26)16-9-3-1-4-10-16)21(17-11-5-2-6-12-17)22-24(32-25)18-13-7-8-14-20(18)31-27(22)30/h1-15,21H,28H2. The minimum absolute atomic E-state index is 0.237. The lowest BCUT2D eigenvalue weighted by Crippen LogP contribution is -2.26. The lowest BCUT2D eigenvalue weighted by molar-refractivity contribution is 0.399. The zero-order chi connectivity index (χ0) is 22.4. The van der Waals surface area contributed by atoms with Crippen molar-refractivity contribution in [1.82, 2.24) is 4.98 Å². The molecule has 1 unspecified atom stereocenters. The van der Waals surface area contributed by atoms with E-state index in [2.05, 4.69) is 0 Å². The highest BCUT2D eigenvalue weighted by atomic mass is 32.1. The molecule has 0 spiro atoms. The number of rotatable bonds is 3. The van der Waals surface area contributed by atoms with Crippen LogP contribution in [0.1, 0.15) is 22.1 Å². The molecule has 0 saturated heterocycles. The monoisotopic (exact) mass is 450 g/mol. The number of benzene rings is 3. The Morgan fingerprint density at radius 2 is 1.58 bits per heavy atom. The first-order chi connectivity index (χ1) is 16.2. The number of aromatic nitrogens is 1. The second-order valence-corrected chi connectivity index (χ2v) is 8.61. The number of thiazole rings is 1. The molecule has 0 aliphatic carbocycles. The van der Waals surface area contributed by atoms with Crippen LogP contribution in [0.3, 0.4) is 0 Å². The second kappa shape index (κ2) is 7.76. The third-order valence-electron chi connectivity index (χ3n) is 5.79. The SMILES string of the molecule is NC1=C(c2nc(-c3ccccc3)cs2)C(c2ccccc2)c2c(c3ccccc3oc2=O)O1. The van der Waals surface area contributed by atoms with Crippen LogP contribution in [0.5, 0.6) is 5.75 Å². The van der Waals surface area contributed by atoms with Gasteiger partial charge in [-0.3, -0.25) is 0 Å². The molecule has 0 fully saturated rings. The molecular weight excluding hydrogens is 432 g/mol. The number of para-hydroxylation sites is 1. The van der Waals surface area contributed by atoms with Crippen molar-refractivity contribution in [2.24, 2.45) is 5.73 Å². The van der Waals surface area contributed by atoms with Gasteiger partial charge in [0.2, 0.25) is 0 Å². The first-order valence-corrected chi connectivity index (χ1v) is 11.4. The van der Waals surface area contributed by atoms with Crippen LogP contribution in [-0.4, -0.2) is 4.98 Å². The summed E-state index contributed by atoms with van der Waals surface area (Å²) in [5.41, 5.74) is 10.4. The van der Waals surface area contributed by atoms with Gasteiger partial charge in [0.25, 0.3) is 0 Å². The Hall–Kier alpha value is -4.16. The Morgan fingerprint density at radius 3 is 2.36 bits per heavy atom. The third kappa shape index (κ3) is 3.23. The largest absolute Gasteiger partial charge is 0.440 e. The van der Waals surface area contributed by atoms with Crippen molar-refractivity contribution in [1.29, 1.82) is 0 Å². The molecule has 0 saturated carbocycles. The summed E-state index contributed by atoms with van der Waals surface area (Å²) in [4.78, 5) is 18.1. The van der Waals surface area contributed by atoms with E-state index in [1.165, 1.54) is 11.3 Å². The van der Waals surface area contributed by atoms with Crippen LogP contribution in [-0.2, 0) is 0 Å². The van der Waals surface area contributed by atoms with E-state index in [1.54, 1.807) is 6.07 Å². The van der Waals surface area contributed by atoms with Crippen molar-refractivity contribution >= 4 is 27.9 Å². The number of nitrogens with zero attached hydrogens (tertiary/aromatic N) is 1. The van der Waals surface area contributed by atoms with Gasteiger partial charge < -0.3 is 14.9 Å². The molecule has 0 amide bonds. The van der Waals surface area contributed by atoms with E-state index in [1.807, 2.05) is 84.2 Å². The Kier molecular flexibility index (Phi) is 4.59. The fourth-order valence-electron chi connectivity index (χ4n) is 4.29.